The van der Waals surface area contributed by atoms with Crippen LogP contribution in [-0.2, 0) is 0 Å². The first kappa shape index (κ1) is 29.1. The van der Waals surface area contributed by atoms with Gasteiger partial charge in [0, 0.05) is 58.6 Å². The van der Waals surface area contributed by atoms with Crippen molar-refractivity contribution in [3.63, 3.8) is 0 Å². The molecule has 0 spiro atoms. The molecule has 242 valence electrons. The van der Waals surface area contributed by atoms with Crippen molar-refractivity contribution in [3.8, 4) is 45.2 Å². The van der Waals surface area contributed by atoms with Gasteiger partial charge in [-0.15, -0.1) is 11.3 Å². The Balaban J connectivity index is 1.09. The van der Waals surface area contributed by atoms with Crippen LogP contribution >= 0.6 is 11.3 Å². The van der Waals surface area contributed by atoms with Crippen LogP contribution in [0.4, 0.5) is 0 Å². The van der Waals surface area contributed by atoms with E-state index in [-0.39, 0.29) is 0 Å². The highest BCUT2D eigenvalue weighted by Gasteiger charge is 2.19. The molecule has 0 N–H and O–H groups in total. The Morgan fingerprint density at radius 3 is 2.06 bits per heavy atom. The van der Waals surface area contributed by atoms with Gasteiger partial charge >= 0.3 is 0 Å². The van der Waals surface area contributed by atoms with Crippen LogP contribution in [0.2, 0.25) is 0 Å². The molecule has 0 aliphatic heterocycles. The van der Waals surface area contributed by atoms with Gasteiger partial charge in [0.15, 0.2) is 11.4 Å². The number of thiophene rings is 1. The van der Waals surface area contributed by atoms with Crippen LogP contribution in [-0.4, -0.2) is 15.0 Å². The molecular weight excluding hydrogens is 655 g/mol. The average molecular weight is 682 g/mol. The molecule has 0 aliphatic carbocycles. The van der Waals surface area contributed by atoms with Crippen molar-refractivity contribution in [2.45, 2.75) is 0 Å². The minimum absolute atomic E-state index is 0.695. The first-order valence-corrected chi connectivity index (χ1v) is 18.2. The maximum atomic E-state index is 6.50. The number of hydrogen-bond donors (Lipinski definition) is 0. The van der Waals surface area contributed by atoms with E-state index in [1.54, 1.807) is 0 Å². The zero-order valence-corrected chi connectivity index (χ0v) is 28.6. The van der Waals surface area contributed by atoms with Crippen LogP contribution in [0.1, 0.15) is 0 Å². The number of pyridine rings is 1. The van der Waals surface area contributed by atoms with Gasteiger partial charge in [0.1, 0.15) is 11.3 Å². The average Bonchev–Trinajstić information content (AvgIpc) is 3.80. The van der Waals surface area contributed by atoms with Crippen molar-refractivity contribution in [1.82, 2.24) is 15.0 Å². The van der Waals surface area contributed by atoms with Crippen LogP contribution < -0.4 is 0 Å². The molecule has 11 rings (SSSR count). The molecule has 0 amide bonds. The maximum absolute atomic E-state index is 6.50. The third-order valence-electron chi connectivity index (χ3n) is 10.1. The lowest BCUT2D eigenvalue weighted by molar-refractivity contribution is 0.669. The van der Waals surface area contributed by atoms with E-state index in [2.05, 4.69) is 146 Å². The Bertz CT molecular complexity index is 3190. The number of nitrogens with zero attached hydrogens (tertiary/aromatic N) is 3. The monoisotopic (exact) mass is 681 g/mol. The Kier molecular flexibility index (Phi) is 6.39. The van der Waals surface area contributed by atoms with Crippen LogP contribution in [0.15, 0.2) is 168 Å². The Hall–Kier alpha value is -6.69. The third kappa shape index (κ3) is 4.57. The molecule has 52 heavy (non-hydrogen) atoms. The molecule has 4 aromatic heterocycles. The van der Waals surface area contributed by atoms with E-state index in [0.29, 0.717) is 5.82 Å². The van der Waals surface area contributed by atoms with Crippen molar-refractivity contribution in [3.05, 3.63) is 164 Å². The maximum Gasteiger partial charge on any atom is 0.162 e. The van der Waals surface area contributed by atoms with Gasteiger partial charge in [-0.1, -0.05) is 133 Å². The van der Waals surface area contributed by atoms with Crippen molar-refractivity contribution in [2.75, 3.05) is 0 Å². The number of aromatic nitrogens is 3. The molecule has 4 heterocycles. The molecular formula is C47H27N3OS. The number of hydrogen-bond acceptors (Lipinski definition) is 5. The van der Waals surface area contributed by atoms with Gasteiger partial charge < -0.3 is 4.42 Å². The second-order valence-corrected chi connectivity index (χ2v) is 14.2. The van der Waals surface area contributed by atoms with Gasteiger partial charge in [0.25, 0.3) is 0 Å². The normalized spacial score (nSPS) is 11.8. The summed E-state index contributed by atoms with van der Waals surface area (Å²) in [6.45, 7) is 0. The lowest BCUT2D eigenvalue weighted by atomic mass is 10.0. The fraction of sp³-hybridized carbons (Fsp3) is 0. The fourth-order valence-electron chi connectivity index (χ4n) is 7.57. The number of rotatable bonds is 4. The summed E-state index contributed by atoms with van der Waals surface area (Å²) in [5.41, 5.74) is 9.25. The Labute approximate surface area is 302 Å². The Morgan fingerprint density at radius 2 is 1.15 bits per heavy atom. The van der Waals surface area contributed by atoms with Crippen molar-refractivity contribution < 1.29 is 4.42 Å². The second kappa shape index (κ2) is 11.4. The van der Waals surface area contributed by atoms with E-state index in [0.717, 1.165) is 77.6 Å². The lowest BCUT2D eigenvalue weighted by Gasteiger charge is -2.11. The zero-order chi connectivity index (χ0) is 34.2. The summed E-state index contributed by atoms with van der Waals surface area (Å²) in [5, 5.41) is 8.14. The summed E-state index contributed by atoms with van der Waals surface area (Å²) >= 11 is 1.81. The number of benzene rings is 7. The smallest absolute Gasteiger partial charge is 0.162 e. The van der Waals surface area contributed by atoms with Gasteiger partial charge in [-0.3, -0.25) is 0 Å². The molecule has 0 radical (unpaired) electrons. The van der Waals surface area contributed by atoms with Crippen LogP contribution in [0.5, 0.6) is 0 Å². The molecule has 7 aromatic carbocycles. The van der Waals surface area contributed by atoms with Crippen molar-refractivity contribution in [2.24, 2.45) is 0 Å². The molecule has 0 bridgehead atoms. The van der Waals surface area contributed by atoms with Crippen LogP contribution in [0.25, 0.3) is 109 Å². The van der Waals surface area contributed by atoms with Gasteiger partial charge in [-0.25, -0.2) is 15.0 Å². The predicted octanol–water partition coefficient (Wildman–Crippen LogP) is 13.1. The number of furan rings is 1. The van der Waals surface area contributed by atoms with Crippen molar-refractivity contribution >= 4 is 75.1 Å². The summed E-state index contributed by atoms with van der Waals surface area (Å²) in [7, 11) is 0. The van der Waals surface area contributed by atoms with Gasteiger partial charge in [0.05, 0.1) is 16.9 Å². The minimum atomic E-state index is 0.695. The molecule has 4 nitrogen and oxygen atoms in total. The van der Waals surface area contributed by atoms with E-state index < -0.39 is 0 Å². The highest BCUT2D eigenvalue weighted by Crippen LogP contribution is 2.42. The molecule has 0 saturated carbocycles. The van der Waals surface area contributed by atoms with Gasteiger partial charge in [-0.2, -0.15) is 0 Å². The molecule has 0 saturated heterocycles. The lowest BCUT2D eigenvalue weighted by Crippen LogP contribution is -1.96. The molecule has 5 heteroatoms. The summed E-state index contributed by atoms with van der Waals surface area (Å²) in [5.74, 6) is 0.695. The van der Waals surface area contributed by atoms with E-state index in [1.165, 1.54) is 25.6 Å². The zero-order valence-electron chi connectivity index (χ0n) is 27.7. The van der Waals surface area contributed by atoms with E-state index >= 15 is 0 Å². The highest BCUT2D eigenvalue weighted by molar-refractivity contribution is 7.26. The highest BCUT2D eigenvalue weighted by atomic mass is 32.1. The second-order valence-electron chi connectivity index (χ2n) is 13.2. The standard InChI is InChI=1S/C47H27N3OS/c1-2-11-31-26-32(25-20-28(31)10-1)47-49-39(27-40(50-47)36-16-9-15-34-33-12-5-8-19-42(33)52-46(34)36)29-21-23-30(24-22-29)44-45-43(35-13-3-6-17-38(35)48-44)37-14-4-7-18-41(37)51-45/h1-27H. The summed E-state index contributed by atoms with van der Waals surface area (Å²) < 4.78 is 8.99. The van der Waals surface area contributed by atoms with E-state index in [4.69, 9.17) is 19.4 Å². The predicted molar refractivity (Wildman–Crippen MR) is 217 cm³/mol. The number of fused-ring (bicyclic) bond motifs is 9. The third-order valence-corrected chi connectivity index (χ3v) is 11.3. The topological polar surface area (TPSA) is 51.8 Å². The first-order chi connectivity index (χ1) is 25.7. The van der Waals surface area contributed by atoms with Crippen molar-refractivity contribution in [1.29, 1.82) is 0 Å². The minimum Gasteiger partial charge on any atom is -0.454 e. The quantitative estimate of drug-likeness (QED) is 0.185. The first-order valence-electron chi connectivity index (χ1n) is 17.3. The van der Waals surface area contributed by atoms with Gasteiger partial charge in [-0.05, 0) is 41.1 Å². The molecule has 0 fully saturated rings. The van der Waals surface area contributed by atoms with E-state index in [9.17, 15) is 0 Å². The largest absolute Gasteiger partial charge is 0.454 e. The molecule has 0 atom stereocenters. The van der Waals surface area contributed by atoms with Gasteiger partial charge in [0.2, 0.25) is 0 Å². The molecule has 11 aromatic rings. The number of para-hydroxylation sites is 2. The van der Waals surface area contributed by atoms with Crippen LogP contribution in [0.3, 0.4) is 0 Å². The van der Waals surface area contributed by atoms with E-state index in [1.807, 2.05) is 29.5 Å². The van der Waals surface area contributed by atoms with Crippen LogP contribution in [0, 0.1) is 0 Å². The summed E-state index contributed by atoms with van der Waals surface area (Å²) in [6.07, 6.45) is 0. The fourth-order valence-corrected chi connectivity index (χ4v) is 8.79. The Morgan fingerprint density at radius 1 is 0.462 bits per heavy atom. The molecule has 0 aliphatic rings. The summed E-state index contributed by atoms with van der Waals surface area (Å²) in [6, 6.07) is 57.2. The summed E-state index contributed by atoms with van der Waals surface area (Å²) in [4.78, 5) is 15.6. The molecule has 0 unspecified atom stereocenters. The SMILES string of the molecule is c1ccc2cc(-c3nc(-c4ccc(-c5nc6ccccc6c6c5oc5ccccc56)cc4)cc(-c4cccc5c4sc4ccccc45)n3)ccc2c1.